The van der Waals surface area contributed by atoms with Crippen molar-refractivity contribution in [2.24, 2.45) is 0 Å². The molecule has 1 aromatic heterocycles. The fourth-order valence-corrected chi connectivity index (χ4v) is 1.53. The number of likely N-dealkylation sites (N-methyl/N-ethyl adjacent to an activating group) is 1. The van der Waals surface area contributed by atoms with Gasteiger partial charge in [-0.05, 0) is 25.6 Å². The SMILES string of the molecule is CNC(CCOCC(F)(F)F)Cc1ccccn1. The lowest BCUT2D eigenvalue weighted by Gasteiger charge is -2.16. The molecular weight excluding hydrogens is 245 g/mol. The van der Waals surface area contributed by atoms with Crippen molar-refractivity contribution in [3.05, 3.63) is 30.1 Å². The summed E-state index contributed by atoms with van der Waals surface area (Å²) in [6.45, 7) is -1.11. The lowest BCUT2D eigenvalue weighted by molar-refractivity contribution is -0.174. The van der Waals surface area contributed by atoms with E-state index in [0.29, 0.717) is 12.8 Å². The highest BCUT2D eigenvalue weighted by molar-refractivity contribution is 5.05. The Balaban J connectivity index is 2.26. The molecule has 0 aliphatic rings. The number of hydrogen-bond acceptors (Lipinski definition) is 3. The van der Waals surface area contributed by atoms with Crippen LogP contribution >= 0.6 is 0 Å². The van der Waals surface area contributed by atoms with E-state index in [9.17, 15) is 13.2 Å². The Morgan fingerprint density at radius 2 is 2.17 bits per heavy atom. The standard InChI is InChI=1S/C12H17F3N2O/c1-16-10(5-7-18-9-12(13,14)15)8-11-4-2-3-6-17-11/h2-4,6,10,16H,5,7-9H2,1H3. The number of hydrogen-bond donors (Lipinski definition) is 1. The van der Waals surface area contributed by atoms with Crippen LogP contribution in [0.15, 0.2) is 24.4 Å². The summed E-state index contributed by atoms with van der Waals surface area (Å²) in [5, 5.41) is 3.05. The first kappa shape index (κ1) is 14.9. The van der Waals surface area contributed by atoms with Gasteiger partial charge in [0.2, 0.25) is 0 Å². The zero-order chi connectivity index (χ0) is 13.4. The number of rotatable bonds is 7. The first-order chi connectivity index (χ1) is 8.51. The molecule has 0 aromatic carbocycles. The summed E-state index contributed by atoms with van der Waals surface area (Å²) in [5.74, 6) is 0. The third-order valence-electron chi connectivity index (χ3n) is 2.47. The zero-order valence-electron chi connectivity index (χ0n) is 10.2. The molecular formula is C12H17F3N2O. The maximum Gasteiger partial charge on any atom is 0.411 e. The lowest BCUT2D eigenvalue weighted by Crippen LogP contribution is -2.30. The number of ether oxygens (including phenoxy) is 1. The summed E-state index contributed by atoms with van der Waals surface area (Å²) in [5.41, 5.74) is 0.910. The zero-order valence-corrected chi connectivity index (χ0v) is 10.2. The van der Waals surface area contributed by atoms with Crippen LogP contribution in [0, 0.1) is 0 Å². The smallest absolute Gasteiger partial charge is 0.372 e. The Labute approximate surface area is 104 Å². The van der Waals surface area contributed by atoms with Crippen LogP contribution < -0.4 is 5.32 Å². The summed E-state index contributed by atoms with van der Waals surface area (Å²) < 4.78 is 40.2. The van der Waals surface area contributed by atoms with Crippen LogP contribution in [-0.2, 0) is 11.2 Å². The van der Waals surface area contributed by atoms with Gasteiger partial charge in [-0.3, -0.25) is 4.98 Å². The number of aromatic nitrogens is 1. The van der Waals surface area contributed by atoms with Gasteiger partial charge in [0.15, 0.2) is 0 Å². The molecule has 102 valence electrons. The Morgan fingerprint density at radius 1 is 1.39 bits per heavy atom. The highest BCUT2D eigenvalue weighted by Gasteiger charge is 2.27. The van der Waals surface area contributed by atoms with Crippen molar-refractivity contribution < 1.29 is 17.9 Å². The normalized spacial score (nSPS) is 13.6. The molecule has 1 rings (SSSR count). The average molecular weight is 262 g/mol. The molecule has 0 bridgehead atoms. The van der Waals surface area contributed by atoms with E-state index in [4.69, 9.17) is 0 Å². The second-order valence-corrected chi connectivity index (χ2v) is 3.97. The predicted octanol–water partition coefficient (Wildman–Crippen LogP) is 2.18. The van der Waals surface area contributed by atoms with E-state index in [2.05, 4.69) is 15.0 Å². The molecule has 1 aromatic rings. The molecule has 1 unspecified atom stereocenters. The van der Waals surface area contributed by atoms with Crippen LogP contribution in [0.5, 0.6) is 0 Å². The third-order valence-corrected chi connectivity index (χ3v) is 2.47. The van der Waals surface area contributed by atoms with Crippen LogP contribution in [-0.4, -0.2) is 37.5 Å². The van der Waals surface area contributed by atoms with Crippen molar-refractivity contribution in [1.82, 2.24) is 10.3 Å². The predicted molar refractivity (Wildman–Crippen MR) is 62.3 cm³/mol. The number of nitrogens with one attached hydrogen (secondary N) is 1. The van der Waals surface area contributed by atoms with Gasteiger partial charge in [0.1, 0.15) is 6.61 Å². The fourth-order valence-electron chi connectivity index (χ4n) is 1.53. The number of nitrogens with zero attached hydrogens (tertiary/aromatic N) is 1. The maximum absolute atomic E-state index is 11.9. The van der Waals surface area contributed by atoms with Gasteiger partial charge < -0.3 is 10.1 Å². The van der Waals surface area contributed by atoms with Gasteiger partial charge in [0, 0.05) is 31.0 Å². The van der Waals surface area contributed by atoms with Crippen LogP contribution in [0.4, 0.5) is 13.2 Å². The van der Waals surface area contributed by atoms with E-state index in [1.54, 1.807) is 13.2 Å². The Bertz CT molecular complexity index is 330. The summed E-state index contributed by atoms with van der Waals surface area (Å²) in [7, 11) is 1.78. The highest BCUT2D eigenvalue weighted by Crippen LogP contribution is 2.14. The van der Waals surface area contributed by atoms with Crippen LogP contribution in [0.25, 0.3) is 0 Å². The van der Waals surface area contributed by atoms with Gasteiger partial charge in [-0.1, -0.05) is 6.07 Å². The third kappa shape index (κ3) is 6.56. The average Bonchev–Trinajstić information content (AvgIpc) is 2.33. The summed E-state index contributed by atoms with van der Waals surface area (Å²) in [6, 6.07) is 5.66. The van der Waals surface area contributed by atoms with E-state index < -0.39 is 12.8 Å². The monoisotopic (exact) mass is 262 g/mol. The molecule has 18 heavy (non-hydrogen) atoms. The van der Waals surface area contributed by atoms with Gasteiger partial charge >= 0.3 is 6.18 Å². The van der Waals surface area contributed by atoms with Crippen molar-refractivity contribution in [3.63, 3.8) is 0 Å². The van der Waals surface area contributed by atoms with E-state index in [1.165, 1.54) is 0 Å². The van der Waals surface area contributed by atoms with Crippen molar-refractivity contribution in [3.8, 4) is 0 Å². The molecule has 1 heterocycles. The van der Waals surface area contributed by atoms with Gasteiger partial charge in [0.25, 0.3) is 0 Å². The van der Waals surface area contributed by atoms with E-state index in [-0.39, 0.29) is 12.6 Å². The van der Waals surface area contributed by atoms with Gasteiger partial charge in [-0.15, -0.1) is 0 Å². The molecule has 3 nitrogen and oxygen atoms in total. The number of alkyl halides is 3. The first-order valence-electron chi connectivity index (χ1n) is 5.73. The highest BCUT2D eigenvalue weighted by atomic mass is 19.4. The molecule has 0 radical (unpaired) electrons. The Morgan fingerprint density at radius 3 is 2.72 bits per heavy atom. The minimum Gasteiger partial charge on any atom is -0.372 e. The van der Waals surface area contributed by atoms with Crippen LogP contribution in [0.3, 0.4) is 0 Å². The molecule has 0 saturated heterocycles. The first-order valence-corrected chi connectivity index (χ1v) is 5.73. The van der Waals surface area contributed by atoms with Gasteiger partial charge in [-0.2, -0.15) is 13.2 Å². The maximum atomic E-state index is 11.9. The lowest BCUT2D eigenvalue weighted by atomic mass is 10.1. The van der Waals surface area contributed by atoms with E-state index in [1.807, 2.05) is 18.2 Å². The molecule has 0 aliphatic carbocycles. The minimum absolute atomic E-state index is 0.0631. The van der Waals surface area contributed by atoms with Gasteiger partial charge in [-0.25, -0.2) is 0 Å². The summed E-state index contributed by atoms with van der Waals surface area (Å²) in [4.78, 5) is 4.17. The Kier molecular flexibility index (Phi) is 6.07. The summed E-state index contributed by atoms with van der Waals surface area (Å²) in [6.07, 6.45) is -1.37. The minimum atomic E-state index is -4.25. The largest absolute Gasteiger partial charge is 0.411 e. The molecule has 1 N–H and O–H groups in total. The van der Waals surface area contributed by atoms with E-state index >= 15 is 0 Å². The molecule has 1 atom stereocenters. The number of pyridine rings is 1. The molecule has 0 saturated carbocycles. The molecule has 0 fully saturated rings. The van der Waals surface area contributed by atoms with Crippen molar-refractivity contribution in [1.29, 1.82) is 0 Å². The van der Waals surface area contributed by atoms with Gasteiger partial charge in [0.05, 0.1) is 0 Å². The van der Waals surface area contributed by atoms with Crippen LogP contribution in [0.2, 0.25) is 0 Å². The van der Waals surface area contributed by atoms with Crippen molar-refractivity contribution >= 4 is 0 Å². The molecule has 0 amide bonds. The second-order valence-electron chi connectivity index (χ2n) is 3.97. The van der Waals surface area contributed by atoms with E-state index in [0.717, 1.165) is 5.69 Å². The van der Waals surface area contributed by atoms with Crippen LogP contribution in [0.1, 0.15) is 12.1 Å². The number of halogens is 3. The topological polar surface area (TPSA) is 34.1 Å². The Hall–Kier alpha value is -1.14. The van der Waals surface area contributed by atoms with Crippen molar-refractivity contribution in [2.45, 2.75) is 25.1 Å². The second kappa shape index (κ2) is 7.33. The molecule has 6 heteroatoms. The molecule has 0 spiro atoms. The molecule has 0 aliphatic heterocycles. The fraction of sp³-hybridized carbons (Fsp3) is 0.583. The summed E-state index contributed by atoms with van der Waals surface area (Å²) >= 11 is 0. The van der Waals surface area contributed by atoms with Crippen molar-refractivity contribution in [2.75, 3.05) is 20.3 Å². The quantitative estimate of drug-likeness (QED) is 0.765.